The molecule has 1 aromatic carbocycles. The van der Waals surface area contributed by atoms with Crippen LogP contribution >= 0.6 is 0 Å². The van der Waals surface area contributed by atoms with Crippen LogP contribution in [0.5, 0.6) is 0 Å². The first-order valence-electron chi connectivity index (χ1n) is 13.0. The Labute approximate surface area is 226 Å². The van der Waals surface area contributed by atoms with Gasteiger partial charge in [-0.25, -0.2) is 4.79 Å². The summed E-state index contributed by atoms with van der Waals surface area (Å²) in [7, 11) is 0. The van der Waals surface area contributed by atoms with Gasteiger partial charge < -0.3 is 33.9 Å². The lowest BCUT2D eigenvalue weighted by atomic mass is 9.47. The average Bonchev–Trinajstić information content (AvgIpc) is 3.04. The summed E-state index contributed by atoms with van der Waals surface area (Å²) in [5, 5.41) is 23.2. The Kier molecular flexibility index (Phi) is 7.57. The van der Waals surface area contributed by atoms with Gasteiger partial charge in [-0.2, -0.15) is 0 Å². The van der Waals surface area contributed by atoms with Gasteiger partial charge in [-0.1, -0.05) is 25.1 Å². The SMILES string of the molecule is CC(=O)OC1CC(C)C23OC(C)(C)C(C(O)C(OC(=O)c4ccccc4)C2(CO)C1OC(C)=O)C3OC(C)=O. The summed E-state index contributed by atoms with van der Waals surface area (Å²) in [6.07, 6.45) is -6.59. The predicted molar refractivity (Wildman–Crippen MR) is 133 cm³/mol. The highest BCUT2D eigenvalue weighted by Gasteiger charge is 2.84. The third kappa shape index (κ3) is 4.40. The smallest absolute Gasteiger partial charge is 0.338 e. The molecule has 2 aliphatic carbocycles. The molecule has 1 saturated heterocycles. The molecule has 1 heterocycles. The van der Waals surface area contributed by atoms with Crippen LogP contribution in [-0.2, 0) is 38.1 Å². The minimum atomic E-state index is -1.91. The Morgan fingerprint density at radius 1 is 0.897 bits per heavy atom. The fraction of sp³-hybridized carbons (Fsp3) is 0.643. The molecule has 0 radical (unpaired) electrons. The summed E-state index contributed by atoms with van der Waals surface area (Å²) in [4.78, 5) is 50.3. The van der Waals surface area contributed by atoms with E-state index in [9.17, 15) is 29.4 Å². The van der Waals surface area contributed by atoms with Crippen LogP contribution in [-0.4, -0.2) is 82.4 Å². The van der Waals surface area contributed by atoms with Crippen LogP contribution in [0, 0.1) is 17.3 Å². The number of aliphatic hydroxyl groups is 2. The van der Waals surface area contributed by atoms with Gasteiger partial charge in [0.05, 0.1) is 23.7 Å². The second-order valence-corrected chi connectivity index (χ2v) is 11.3. The molecule has 3 aliphatic rings. The molecule has 9 unspecified atom stereocenters. The topological polar surface area (TPSA) is 155 Å². The van der Waals surface area contributed by atoms with Crippen molar-refractivity contribution in [2.24, 2.45) is 17.3 Å². The second-order valence-electron chi connectivity index (χ2n) is 11.3. The maximum atomic E-state index is 13.4. The second kappa shape index (κ2) is 10.2. The van der Waals surface area contributed by atoms with Crippen molar-refractivity contribution in [2.45, 2.75) is 89.7 Å². The summed E-state index contributed by atoms with van der Waals surface area (Å²) >= 11 is 0. The summed E-state index contributed by atoms with van der Waals surface area (Å²) in [6.45, 7) is 7.92. The maximum absolute atomic E-state index is 13.4. The van der Waals surface area contributed by atoms with Gasteiger partial charge in [0, 0.05) is 20.8 Å². The molecule has 0 aromatic heterocycles. The average molecular weight is 549 g/mol. The lowest BCUT2D eigenvalue weighted by molar-refractivity contribution is -0.328. The van der Waals surface area contributed by atoms with Gasteiger partial charge >= 0.3 is 23.9 Å². The molecule has 9 atom stereocenters. The molecule has 4 rings (SSSR count). The molecule has 1 aromatic rings. The monoisotopic (exact) mass is 548 g/mol. The normalized spacial score (nSPS) is 38.2. The summed E-state index contributed by atoms with van der Waals surface area (Å²) in [5.41, 5.74) is -4.48. The fourth-order valence-corrected chi connectivity index (χ4v) is 7.32. The molecule has 11 nitrogen and oxygen atoms in total. The fourth-order valence-electron chi connectivity index (χ4n) is 7.32. The van der Waals surface area contributed by atoms with Crippen molar-refractivity contribution in [1.82, 2.24) is 0 Å². The van der Waals surface area contributed by atoms with Crippen molar-refractivity contribution in [3.05, 3.63) is 35.9 Å². The zero-order chi connectivity index (χ0) is 28.9. The van der Waals surface area contributed by atoms with E-state index >= 15 is 0 Å². The van der Waals surface area contributed by atoms with E-state index in [2.05, 4.69) is 0 Å². The molecular formula is C28H36O11. The number of ether oxygens (including phenoxy) is 5. The lowest BCUT2D eigenvalue weighted by Crippen LogP contribution is -2.81. The van der Waals surface area contributed by atoms with Gasteiger partial charge in [-0.05, 0) is 38.3 Å². The van der Waals surface area contributed by atoms with Crippen LogP contribution in [0.25, 0.3) is 0 Å². The Morgan fingerprint density at radius 3 is 2.00 bits per heavy atom. The summed E-state index contributed by atoms with van der Waals surface area (Å²) in [6, 6.07) is 8.07. The number of carbonyl (C=O) groups is 4. The third-order valence-corrected chi connectivity index (χ3v) is 8.47. The van der Waals surface area contributed by atoms with E-state index in [1.165, 1.54) is 26.0 Å². The summed E-state index contributed by atoms with van der Waals surface area (Å²) in [5.74, 6) is -4.36. The molecule has 2 bridgehead atoms. The molecule has 11 heteroatoms. The number of fused-ring (bicyclic) bond motifs is 1. The Balaban J connectivity index is 2.00. The van der Waals surface area contributed by atoms with Crippen molar-refractivity contribution >= 4 is 23.9 Å². The highest BCUT2D eigenvalue weighted by molar-refractivity contribution is 5.89. The first-order chi connectivity index (χ1) is 18.2. The van der Waals surface area contributed by atoms with Gasteiger partial charge in [0.15, 0.2) is 6.10 Å². The number of hydrogen-bond donors (Lipinski definition) is 2. The molecule has 2 N–H and O–H groups in total. The van der Waals surface area contributed by atoms with Crippen LogP contribution in [0.4, 0.5) is 0 Å². The maximum Gasteiger partial charge on any atom is 0.338 e. The van der Waals surface area contributed by atoms with Crippen molar-refractivity contribution < 1.29 is 53.1 Å². The molecule has 1 spiro atoms. The predicted octanol–water partition coefficient (Wildman–Crippen LogP) is 1.56. The molecule has 39 heavy (non-hydrogen) atoms. The van der Waals surface area contributed by atoms with Crippen molar-refractivity contribution in [2.75, 3.05) is 6.61 Å². The quantitative estimate of drug-likeness (QED) is 0.393. The Bertz CT molecular complexity index is 1130. The van der Waals surface area contributed by atoms with E-state index in [1.807, 2.05) is 0 Å². The van der Waals surface area contributed by atoms with Gasteiger partial charge in [0.1, 0.15) is 35.4 Å². The van der Waals surface area contributed by atoms with Crippen molar-refractivity contribution in [1.29, 1.82) is 0 Å². The van der Waals surface area contributed by atoms with Gasteiger partial charge in [-0.3, -0.25) is 14.4 Å². The van der Waals surface area contributed by atoms with Crippen molar-refractivity contribution in [3.63, 3.8) is 0 Å². The lowest BCUT2D eigenvalue weighted by Gasteiger charge is -2.64. The molecule has 0 amide bonds. The first-order valence-corrected chi connectivity index (χ1v) is 13.0. The molecule has 1 aliphatic heterocycles. The number of esters is 4. The van der Waals surface area contributed by atoms with E-state index in [0.717, 1.165) is 6.92 Å². The van der Waals surface area contributed by atoms with Crippen LogP contribution in [0.15, 0.2) is 30.3 Å². The van der Waals surface area contributed by atoms with Crippen LogP contribution in [0.2, 0.25) is 0 Å². The molecule has 214 valence electrons. The largest absolute Gasteiger partial charge is 0.459 e. The van der Waals surface area contributed by atoms with Crippen LogP contribution in [0.1, 0.15) is 58.3 Å². The van der Waals surface area contributed by atoms with E-state index < -0.39 is 89.5 Å². The molecule has 2 saturated carbocycles. The van der Waals surface area contributed by atoms with E-state index in [1.54, 1.807) is 39.0 Å². The van der Waals surface area contributed by atoms with Gasteiger partial charge in [-0.15, -0.1) is 0 Å². The van der Waals surface area contributed by atoms with E-state index in [4.69, 9.17) is 23.7 Å². The first kappa shape index (κ1) is 29.0. The van der Waals surface area contributed by atoms with Gasteiger partial charge in [0.25, 0.3) is 0 Å². The van der Waals surface area contributed by atoms with Crippen LogP contribution < -0.4 is 0 Å². The Hall–Kier alpha value is -3.02. The summed E-state index contributed by atoms with van der Waals surface area (Å²) < 4.78 is 29.9. The van der Waals surface area contributed by atoms with Crippen molar-refractivity contribution in [3.8, 4) is 0 Å². The minimum Gasteiger partial charge on any atom is -0.459 e. The highest BCUT2D eigenvalue weighted by atomic mass is 16.6. The number of aliphatic hydroxyl groups excluding tert-OH is 2. The number of benzene rings is 1. The standard InChI is InChI=1S/C28H36O11/c1-14-12-19(35-15(2)30)22(36-16(3)31)27(13-29)24(38-25(34)18-10-8-7-9-11-18)21(33)20-23(37-17(4)32)28(14,27)39-26(20,5)6/h7-11,14,19-24,29,33H,12-13H2,1-6H3. The Morgan fingerprint density at radius 2 is 1.46 bits per heavy atom. The van der Waals surface area contributed by atoms with Crippen LogP contribution in [0.3, 0.4) is 0 Å². The number of carbonyl (C=O) groups excluding carboxylic acids is 4. The third-order valence-electron chi connectivity index (χ3n) is 8.47. The van der Waals surface area contributed by atoms with Gasteiger partial charge in [0.2, 0.25) is 0 Å². The zero-order valence-corrected chi connectivity index (χ0v) is 22.9. The van der Waals surface area contributed by atoms with E-state index in [-0.39, 0.29) is 12.0 Å². The molecular weight excluding hydrogens is 512 g/mol. The minimum absolute atomic E-state index is 0.106. The number of hydrogen-bond acceptors (Lipinski definition) is 11. The highest BCUT2D eigenvalue weighted by Crippen LogP contribution is 2.67. The van der Waals surface area contributed by atoms with E-state index in [0.29, 0.717) is 0 Å². The molecule has 3 fully saturated rings. The number of rotatable bonds is 6. The zero-order valence-electron chi connectivity index (χ0n) is 22.9.